The van der Waals surface area contributed by atoms with Crippen LogP contribution in [0.2, 0.25) is 0 Å². The van der Waals surface area contributed by atoms with Gasteiger partial charge in [0.2, 0.25) is 12.4 Å². The molecule has 2 N–H and O–H groups in total. The third-order valence-corrected chi connectivity index (χ3v) is 3.14. The summed E-state index contributed by atoms with van der Waals surface area (Å²) in [6, 6.07) is 6.47. The molecule has 0 saturated heterocycles. The number of hydrogen-bond acceptors (Lipinski definition) is 5. The topological polar surface area (TPSA) is 72.7 Å². The summed E-state index contributed by atoms with van der Waals surface area (Å²) in [5.41, 5.74) is 1.42. The zero-order chi connectivity index (χ0) is 14.1. The zero-order valence-electron chi connectivity index (χ0n) is 10.9. The fraction of sp³-hybridized carbons (Fsp3) is 0.214. The second kappa shape index (κ2) is 4.80. The first-order valence-corrected chi connectivity index (χ1v) is 6.15. The quantitative estimate of drug-likeness (QED) is 0.886. The molecule has 0 bridgehead atoms. The van der Waals surface area contributed by atoms with E-state index in [0.717, 1.165) is 5.69 Å². The molecule has 0 unspecified atom stereocenters. The smallest absolute Gasteiger partial charge is 0.250 e. The first-order valence-electron chi connectivity index (χ1n) is 6.15. The highest BCUT2D eigenvalue weighted by Crippen LogP contribution is 2.37. The summed E-state index contributed by atoms with van der Waals surface area (Å²) in [6.07, 6.45) is 1.70. The fourth-order valence-corrected chi connectivity index (χ4v) is 2.01. The van der Waals surface area contributed by atoms with E-state index in [2.05, 4.69) is 5.32 Å². The van der Waals surface area contributed by atoms with Gasteiger partial charge in [-0.15, -0.1) is 0 Å². The van der Waals surface area contributed by atoms with Crippen LogP contribution in [-0.4, -0.2) is 16.5 Å². The number of nitrogens with zero attached hydrogens (tertiary/aromatic N) is 1. The Morgan fingerprint density at radius 3 is 2.80 bits per heavy atom. The number of aromatic nitrogens is 1. The number of aryl methyl sites for hydroxylation is 1. The van der Waals surface area contributed by atoms with E-state index in [9.17, 15) is 9.90 Å². The van der Waals surface area contributed by atoms with Crippen molar-refractivity contribution >= 4 is 5.69 Å². The van der Waals surface area contributed by atoms with Crippen LogP contribution >= 0.6 is 0 Å². The van der Waals surface area contributed by atoms with Gasteiger partial charge in [-0.1, -0.05) is 0 Å². The number of pyridine rings is 1. The summed E-state index contributed by atoms with van der Waals surface area (Å²) >= 11 is 0. The van der Waals surface area contributed by atoms with Crippen LogP contribution in [0, 0.1) is 0 Å². The van der Waals surface area contributed by atoms with Gasteiger partial charge in [0.15, 0.2) is 11.5 Å². The molecule has 1 aliphatic heterocycles. The second-order valence-electron chi connectivity index (χ2n) is 4.55. The highest BCUT2D eigenvalue weighted by atomic mass is 16.7. The Morgan fingerprint density at radius 1 is 1.30 bits per heavy atom. The summed E-state index contributed by atoms with van der Waals surface area (Å²) < 4.78 is 11.9. The number of ether oxygens (including phenoxy) is 2. The summed E-state index contributed by atoms with van der Waals surface area (Å²) in [5.74, 6) is 1.32. The molecule has 2 aromatic rings. The van der Waals surface area contributed by atoms with Gasteiger partial charge in [0.05, 0.1) is 5.69 Å². The Labute approximate surface area is 115 Å². The summed E-state index contributed by atoms with van der Waals surface area (Å²) in [5, 5.41) is 13.1. The van der Waals surface area contributed by atoms with Gasteiger partial charge < -0.3 is 24.5 Å². The monoisotopic (exact) mass is 274 g/mol. The molecule has 0 saturated carbocycles. The average molecular weight is 274 g/mol. The van der Waals surface area contributed by atoms with Crippen molar-refractivity contribution in [2.24, 2.45) is 7.05 Å². The van der Waals surface area contributed by atoms with Crippen LogP contribution in [0.3, 0.4) is 0 Å². The Bertz CT molecular complexity index is 709. The first-order chi connectivity index (χ1) is 9.63. The minimum Gasteiger partial charge on any atom is -0.507 e. The molecule has 1 aromatic heterocycles. The molecule has 0 aliphatic carbocycles. The van der Waals surface area contributed by atoms with E-state index in [0.29, 0.717) is 23.6 Å². The van der Waals surface area contributed by atoms with Gasteiger partial charge >= 0.3 is 0 Å². The molecule has 6 heteroatoms. The molecule has 2 heterocycles. The van der Waals surface area contributed by atoms with Crippen molar-refractivity contribution in [2.75, 3.05) is 12.1 Å². The normalized spacial score (nSPS) is 12.4. The summed E-state index contributed by atoms with van der Waals surface area (Å²) in [7, 11) is 1.69. The maximum atomic E-state index is 11.3. The van der Waals surface area contributed by atoms with Crippen LogP contribution < -0.4 is 20.3 Å². The number of fused-ring (bicyclic) bond motifs is 1. The first kappa shape index (κ1) is 12.4. The molecule has 1 aromatic carbocycles. The molecule has 0 spiro atoms. The van der Waals surface area contributed by atoms with Crippen LogP contribution in [0.5, 0.6) is 17.2 Å². The number of phenolic OH excluding ortho intramolecular Hbond substituents is 1. The number of rotatable bonds is 3. The lowest BCUT2D eigenvalue weighted by Gasteiger charge is -2.10. The average Bonchev–Trinajstić information content (AvgIpc) is 2.87. The Hall–Kier alpha value is -2.63. The van der Waals surface area contributed by atoms with Gasteiger partial charge in [0.25, 0.3) is 0 Å². The van der Waals surface area contributed by atoms with Crippen LogP contribution in [0.25, 0.3) is 0 Å². The zero-order valence-corrected chi connectivity index (χ0v) is 10.9. The van der Waals surface area contributed by atoms with Crippen LogP contribution in [-0.2, 0) is 13.6 Å². The molecule has 20 heavy (non-hydrogen) atoms. The van der Waals surface area contributed by atoms with E-state index >= 15 is 0 Å². The lowest BCUT2D eigenvalue weighted by molar-refractivity contribution is 0.174. The lowest BCUT2D eigenvalue weighted by Crippen LogP contribution is -2.15. The standard InChI is InChI=1S/C14H14N2O4/c1-16-7-10(2-3-14(16)18)15-6-9-4-12-13(5-11(9)17)20-8-19-12/h2-5,7,15,17H,6,8H2,1H3. The van der Waals surface area contributed by atoms with Crippen molar-refractivity contribution in [2.45, 2.75) is 6.54 Å². The maximum Gasteiger partial charge on any atom is 0.250 e. The Kier molecular flexibility index (Phi) is 2.98. The number of hydrogen-bond donors (Lipinski definition) is 2. The maximum absolute atomic E-state index is 11.3. The van der Waals surface area contributed by atoms with E-state index < -0.39 is 0 Å². The highest BCUT2D eigenvalue weighted by Gasteiger charge is 2.16. The number of anilines is 1. The van der Waals surface area contributed by atoms with E-state index in [1.165, 1.54) is 10.6 Å². The van der Waals surface area contributed by atoms with Crippen LogP contribution in [0.4, 0.5) is 5.69 Å². The van der Waals surface area contributed by atoms with E-state index in [1.54, 1.807) is 31.4 Å². The third-order valence-electron chi connectivity index (χ3n) is 3.14. The van der Waals surface area contributed by atoms with Crippen molar-refractivity contribution in [3.05, 3.63) is 46.4 Å². The lowest BCUT2D eigenvalue weighted by atomic mass is 10.1. The Morgan fingerprint density at radius 2 is 2.05 bits per heavy atom. The molecule has 0 amide bonds. The van der Waals surface area contributed by atoms with Gasteiger partial charge in [-0.05, 0) is 12.1 Å². The van der Waals surface area contributed by atoms with Crippen LogP contribution in [0.15, 0.2) is 35.3 Å². The van der Waals surface area contributed by atoms with E-state index in [1.807, 2.05) is 0 Å². The van der Waals surface area contributed by atoms with E-state index in [4.69, 9.17) is 9.47 Å². The predicted molar refractivity (Wildman–Crippen MR) is 73.2 cm³/mol. The molecule has 6 nitrogen and oxygen atoms in total. The largest absolute Gasteiger partial charge is 0.507 e. The molecule has 0 fully saturated rings. The predicted octanol–water partition coefficient (Wildman–Crippen LogP) is 1.43. The molecule has 0 radical (unpaired) electrons. The minimum atomic E-state index is -0.0681. The molecule has 3 rings (SSSR count). The number of nitrogens with one attached hydrogen (secondary N) is 1. The SMILES string of the molecule is Cn1cc(NCc2cc3c(cc2O)OCO3)ccc1=O. The van der Waals surface area contributed by atoms with Gasteiger partial charge in [-0.3, -0.25) is 4.79 Å². The number of aromatic hydroxyl groups is 1. The summed E-state index contributed by atoms with van der Waals surface area (Å²) in [6.45, 7) is 0.590. The van der Waals surface area contributed by atoms with Crippen molar-refractivity contribution in [1.82, 2.24) is 4.57 Å². The third kappa shape index (κ3) is 2.27. The molecular weight excluding hydrogens is 260 g/mol. The van der Waals surface area contributed by atoms with Crippen molar-refractivity contribution in [3.8, 4) is 17.2 Å². The molecule has 104 valence electrons. The summed E-state index contributed by atoms with van der Waals surface area (Å²) in [4.78, 5) is 11.3. The highest BCUT2D eigenvalue weighted by molar-refractivity contribution is 5.52. The minimum absolute atomic E-state index is 0.0681. The number of phenols is 1. The van der Waals surface area contributed by atoms with Crippen LogP contribution in [0.1, 0.15) is 5.56 Å². The van der Waals surface area contributed by atoms with Crippen molar-refractivity contribution in [1.29, 1.82) is 0 Å². The van der Waals surface area contributed by atoms with Gasteiger partial charge in [-0.2, -0.15) is 0 Å². The van der Waals surface area contributed by atoms with Gasteiger partial charge in [0, 0.05) is 37.5 Å². The van der Waals surface area contributed by atoms with Gasteiger partial charge in [0.1, 0.15) is 5.75 Å². The van der Waals surface area contributed by atoms with Crippen molar-refractivity contribution < 1.29 is 14.6 Å². The molecule has 0 atom stereocenters. The number of benzene rings is 1. The van der Waals surface area contributed by atoms with E-state index in [-0.39, 0.29) is 18.1 Å². The molecular formula is C14H14N2O4. The van der Waals surface area contributed by atoms with Crippen molar-refractivity contribution in [3.63, 3.8) is 0 Å². The Balaban J connectivity index is 1.78. The fourth-order valence-electron chi connectivity index (χ4n) is 2.01. The second-order valence-corrected chi connectivity index (χ2v) is 4.55. The molecule has 1 aliphatic rings. The van der Waals surface area contributed by atoms with Gasteiger partial charge in [-0.25, -0.2) is 0 Å².